The van der Waals surface area contributed by atoms with Gasteiger partial charge >= 0.3 is 0 Å². The molecule has 1 atom stereocenters. The minimum Gasteiger partial charge on any atom is -0.494 e. The third-order valence-corrected chi connectivity index (χ3v) is 4.40. The fourth-order valence-electron chi connectivity index (χ4n) is 3.22. The first-order chi connectivity index (χ1) is 11.3. The van der Waals surface area contributed by atoms with Gasteiger partial charge < -0.3 is 4.74 Å². The number of hydrogen-bond donors (Lipinski definition) is 0. The first-order valence-corrected chi connectivity index (χ1v) is 8.47. The number of ether oxygens (including phenoxy) is 1. The lowest BCUT2D eigenvalue weighted by Crippen LogP contribution is -2.22. The Bertz CT molecular complexity index is 609. The molecule has 0 N–H and O–H groups in total. The molecule has 1 aliphatic rings. The zero-order valence-electron chi connectivity index (χ0n) is 13.7. The molecular formula is C20H24FNO. The van der Waals surface area contributed by atoms with Crippen LogP contribution in [0.4, 0.5) is 4.39 Å². The summed E-state index contributed by atoms with van der Waals surface area (Å²) in [5.41, 5.74) is 2.51. The summed E-state index contributed by atoms with van der Waals surface area (Å²) in [4.78, 5) is 2.48. The second-order valence-corrected chi connectivity index (χ2v) is 6.17. The van der Waals surface area contributed by atoms with Crippen molar-refractivity contribution in [2.75, 3.05) is 13.2 Å². The van der Waals surface area contributed by atoms with Crippen molar-refractivity contribution >= 4 is 0 Å². The first kappa shape index (κ1) is 16.0. The summed E-state index contributed by atoms with van der Waals surface area (Å²) in [5.74, 6) is 0.771. The molecule has 0 aromatic heterocycles. The Morgan fingerprint density at radius 1 is 1.09 bits per heavy atom. The van der Waals surface area contributed by atoms with Gasteiger partial charge in [-0.2, -0.15) is 0 Å². The molecule has 23 heavy (non-hydrogen) atoms. The van der Waals surface area contributed by atoms with Crippen LogP contribution in [0, 0.1) is 5.82 Å². The van der Waals surface area contributed by atoms with Gasteiger partial charge in [0.1, 0.15) is 11.6 Å². The molecule has 0 aliphatic carbocycles. The van der Waals surface area contributed by atoms with Crippen LogP contribution < -0.4 is 4.74 Å². The van der Waals surface area contributed by atoms with Crippen LogP contribution in [0.1, 0.15) is 43.4 Å². The number of hydrogen-bond acceptors (Lipinski definition) is 2. The lowest BCUT2D eigenvalue weighted by Gasteiger charge is -2.25. The van der Waals surface area contributed by atoms with Gasteiger partial charge in [0, 0.05) is 12.6 Å². The highest BCUT2D eigenvalue weighted by Gasteiger charge is 2.25. The molecule has 1 heterocycles. The fraction of sp³-hybridized carbons (Fsp3) is 0.400. The van der Waals surface area contributed by atoms with E-state index in [1.165, 1.54) is 17.5 Å². The zero-order chi connectivity index (χ0) is 16.1. The standard InChI is InChI=1S/C20H24FNO/c1-2-14-23-19-11-5-16(6-12-19)15-22-13-3-4-20(22)17-7-9-18(21)10-8-17/h5-12,20H,2-4,13-15H2,1H3. The van der Waals surface area contributed by atoms with Crippen molar-refractivity contribution in [3.8, 4) is 5.75 Å². The van der Waals surface area contributed by atoms with E-state index in [9.17, 15) is 4.39 Å². The van der Waals surface area contributed by atoms with Gasteiger partial charge in [-0.15, -0.1) is 0 Å². The van der Waals surface area contributed by atoms with Gasteiger partial charge in [-0.3, -0.25) is 4.90 Å². The molecule has 0 saturated carbocycles. The zero-order valence-corrected chi connectivity index (χ0v) is 13.7. The Hall–Kier alpha value is -1.87. The highest BCUT2D eigenvalue weighted by atomic mass is 19.1. The van der Waals surface area contributed by atoms with Crippen molar-refractivity contribution in [1.29, 1.82) is 0 Å². The highest BCUT2D eigenvalue weighted by molar-refractivity contribution is 5.28. The van der Waals surface area contributed by atoms with E-state index in [0.717, 1.165) is 38.3 Å². The van der Waals surface area contributed by atoms with Gasteiger partial charge in [0.25, 0.3) is 0 Å². The maximum absolute atomic E-state index is 13.1. The molecule has 2 nitrogen and oxygen atoms in total. The maximum Gasteiger partial charge on any atom is 0.123 e. The molecule has 0 spiro atoms. The topological polar surface area (TPSA) is 12.5 Å². The molecule has 1 fully saturated rings. The third-order valence-electron chi connectivity index (χ3n) is 4.40. The lowest BCUT2D eigenvalue weighted by atomic mass is 10.0. The maximum atomic E-state index is 13.1. The van der Waals surface area contributed by atoms with Crippen LogP contribution in [0.2, 0.25) is 0 Å². The van der Waals surface area contributed by atoms with Gasteiger partial charge in [-0.05, 0) is 61.2 Å². The van der Waals surface area contributed by atoms with Gasteiger partial charge in [0.15, 0.2) is 0 Å². The SMILES string of the molecule is CCCOc1ccc(CN2CCCC2c2ccc(F)cc2)cc1. The largest absolute Gasteiger partial charge is 0.494 e. The molecule has 1 saturated heterocycles. The van der Waals surface area contributed by atoms with E-state index in [1.807, 2.05) is 24.3 Å². The van der Waals surface area contributed by atoms with Crippen molar-refractivity contribution in [3.63, 3.8) is 0 Å². The summed E-state index contributed by atoms with van der Waals surface area (Å²) in [6.45, 7) is 4.89. The number of likely N-dealkylation sites (tertiary alicyclic amines) is 1. The van der Waals surface area contributed by atoms with Crippen molar-refractivity contribution in [3.05, 3.63) is 65.5 Å². The Balaban J connectivity index is 1.65. The minimum absolute atomic E-state index is 0.166. The Kier molecular flexibility index (Phi) is 5.29. The Labute approximate surface area is 137 Å². The number of halogens is 1. The summed E-state index contributed by atoms with van der Waals surface area (Å²) in [5, 5.41) is 0. The Morgan fingerprint density at radius 3 is 2.52 bits per heavy atom. The predicted octanol–water partition coefficient (Wildman–Crippen LogP) is 4.95. The number of nitrogens with zero attached hydrogens (tertiary/aromatic N) is 1. The molecule has 0 radical (unpaired) electrons. The smallest absolute Gasteiger partial charge is 0.123 e. The summed E-state index contributed by atoms with van der Waals surface area (Å²) in [6, 6.07) is 15.7. The highest BCUT2D eigenvalue weighted by Crippen LogP contribution is 2.33. The monoisotopic (exact) mass is 313 g/mol. The summed E-state index contributed by atoms with van der Waals surface area (Å²) >= 11 is 0. The molecule has 3 rings (SSSR count). The van der Waals surface area contributed by atoms with Gasteiger partial charge in [0.2, 0.25) is 0 Å². The van der Waals surface area contributed by atoms with Gasteiger partial charge in [-0.25, -0.2) is 4.39 Å². The molecular weight excluding hydrogens is 289 g/mol. The molecule has 3 heteroatoms. The molecule has 0 bridgehead atoms. The van der Waals surface area contributed by atoms with Gasteiger partial charge in [-0.1, -0.05) is 31.2 Å². The minimum atomic E-state index is -0.166. The fourth-order valence-corrected chi connectivity index (χ4v) is 3.22. The van der Waals surface area contributed by atoms with Crippen molar-refractivity contribution in [2.24, 2.45) is 0 Å². The van der Waals surface area contributed by atoms with Gasteiger partial charge in [0.05, 0.1) is 6.61 Å². The average molecular weight is 313 g/mol. The normalized spacial score (nSPS) is 18.3. The van der Waals surface area contributed by atoms with Crippen LogP contribution >= 0.6 is 0 Å². The molecule has 2 aromatic rings. The summed E-state index contributed by atoms with van der Waals surface area (Å²) in [6.07, 6.45) is 3.36. The Morgan fingerprint density at radius 2 is 1.83 bits per heavy atom. The van der Waals surface area contributed by atoms with E-state index < -0.39 is 0 Å². The van der Waals surface area contributed by atoms with E-state index in [2.05, 4.69) is 24.0 Å². The molecule has 122 valence electrons. The molecule has 1 aliphatic heterocycles. The first-order valence-electron chi connectivity index (χ1n) is 8.47. The molecule has 2 aromatic carbocycles. The van der Waals surface area contributed by atoms with E-state index in [-0.39, 0.29) is 5.82 Å². The van der Waals surface area contributed by atoms with Crippen LogP contribution in [-0.2, 0) is 6.54 Å². The second kappa shape index (κ2) is 7.60. The average Bonchev–Trinajstić information content (AvgIpc) is 3.03. The van der Waals surface area contributed by atoms with Crippen molar-refractivity contribution < 1.29 is 9.13 Å². The van der Waals surface area contributed by atoms with Crippen LogP contribution in [-0.4, -0.2) is 18.1 Å². The predicted molar refractivity (Wildman–Crippen MR) is 91.0 cm³/mol. The van der Waals surface area contributed by atoms with E-state index in [0.29, 0.717) is 6.04 Å². The third kappa shape index (κ3) is 4.11. The van der Waals surface area contributed by atoms with Crippen molar-refractivity contribution in [1.82, 2.24) is 4.90 Å². The van der Waals surface area contributed by atoms with Crippen molar-refractivity contribution in [2.45, 2.75) is 38.8 Å². The quantitative estimate of drug-likeness (QED) is 0.748. The number of benzene rings is 2. The molecule has 0 amide bonds. The van der Waals surface area contributed by atoms with E-state index in [4.69, 9.17) is 4.74 Å². The van der Waals surface area contributed by atoms with Crippen LogP contribution in [0.25, 0.3) is 0 Å². The van der Waals surface area contributed by atoms with E-state index >= 15 is 0 Å². The second-order valence-electron chi connectivity index (χ2n) is 6.17. The van der Waals surface area contributed by atoms with E-state index in [1.54, 1.807) is 12.1 Å². The van der Waals surface area contributed by atoms with Crippen LogP contribution in [0.5, 0.6) is 5.75 Å². The number of rotatable bonds is 6. The molecule has 1 unspecified atom stereocenters. The van der Waals surface area contributed by atoms with Crippen LogP contribution in [0.3, 0.4) is 0 Å². The van der Waals surface area contributed by atoms with Crippen LogP contribution in [0.15, 0.2) is 48.5 Å². The summed E-state index contributed by atoms with van der Waals surface area (Å²) < 4.78 is 18.8. The summed E-state index contributed by atoms with van der Waals surface area (Å²) in [7, 11) is 0. The lowest BCUT2D eigenvalue weighted by molar-refractivity contribution is 0.248.